The topological polar surface area (TPSA) is 79.3 Å². The molecular formula is C18H23N5O2. The molecule has 3 rings (SSSR count). The van der Waals surface area contributed by atoms with Crippen molar-refractivity contribution in [2.75, 3.05) is 23.3 Å². The summed E-state index contributed by atoms with van der Waals surface area (Å²) >= 11 is 0. The number of rotatable bonds is 5. The number of hydrogen-bond acceptors (Lipinski definition) is 3. The molecule has 25 heavy (non-hydrogen) atoms. The molecule has 0 spiro atoms. The van der Waals surface area contributed by atoms with Gasteiger partial charge in [0.05, 0.1) is 12.2 Å². The second-order valence-corrected chi connectivity index (χ2v) is 6.16. The smallest absolute Gasteiger partial charge is 0.321 e. The Labute approximate surface area is 147 Å². The zero-order valence-corrected chi connectivity index (χ0v) is 14.5. The van der Waals surface area contributed by atoms with E-state index in [-0.39, 0.29) is 18.0 Å². The van der Waals surface area contributed by atoms with Crippen LogP contribution in [0, 0.1) is 0 Å². The number of carbonyl (C=O) groups is 2. The second-order valence-electron chi connectivity index (χ2n) is 6.16. The summed E-state index contributed by atoms with van der Waals surface area (Å²) in [4.78, 5) is 26.3. The molecule has 1 fully saturated rings. The first-order valence-corrected chi connectivity index (χ1v) is 8.60. The molecule has 0 saturated carbocycles. The molecule has 2 N–H and O–H groups in total. The van der Waals surface area contributed by atoms with Gasteiger partial charge in [0.2, 0.25) is 0 Å². The van der Waals surface area contributed by atoms with E-state index >= 15 is 0 Å². The van der Waals surface area contributed by atoms with Crippen LogP contribution in [0.25, 0.3) is 0 Å². The molecule has 7 nitrogen and oxygen atoms in total. The molecule has 1 aliphatic rings. The zero-order chi connectivity index (χ0) is 17.8. The monoisotopic (exact) mass is 341 g/mol. The summed E-state index contributed by atoms with van der Waals surface area (Å²) in [5.74, 6) is 0.449. The predicted molar refractivity (Wildman–Crippen MR) is 97.0 cm³/mol. The lowest BCUT2D eigenvalue weighted by atomic mass is 10.1. The maximum absolute atomic E-state index is 12.6. The fraction of sp³-hybridized carbons (Fsp3) is 0.389. The largest absolute Gasteiger partial charge is 0.338 e. The first-order valence-electron chi connectivity index (χ1n) is 8.60. The van der Waals surface area contributed by atoms with Crippen molar-refractivity contribution < 1.29 is 9.59 Å². The summed E-state index contributed by atoms with van der Waals surface area (Å²) in [6.07, 6.45) is 3.48. The van der Waals surface area contributed by atoms with Gasteiger partial charge in [0.25, 0.3) is 5.91 Å². The Hall–Kier alpha value is -2.83. The van der Waals surface area contributed by atoms with Crippen molar-refractivity contribution in [3.8, 4) is 0 Å². The molecular weight excluding hydrogens is 318 g/mol. The van der Waals surface area contributed by atoms with Crippen LogP contribution in [0.2, 0.25) is 0 Å². The first-order chi connectivity index (χ1) is 12.1. The summed E-state index contributed by atoms with van der Waals surface area (Å²) < 4.78 is 1.81. The van der Waals surface area contributed by atoms with Crippen LogP contribution in [0.4, 0.5) is 16.3 Å². The Morgan fingerprint density at radius 3 is 3.00 bits per heavy atom. The minimum Gasteiger partial charge on any atom is -0.338 e. The van der Waals surface area contributed by atoms with E-state index in [1.54, 1.807) is 40.0 Å². The van der Waals surface area contributed by atoms with Crippen LogP contribution >= 0.6 is 0 Å². The van der Waals surface area contributed by atoms with E-state index < -0.39 is 0 Å². The van der Waals surface area contributed by atoms with Crippen LogP contribution in [0.15, 0.2) is 36.5 Å². The number of amides is 3. The fourth-order valence-corrected chi connectivity index (χ4v) is 2.82. The Bertz CT molecular complexity index is 770. The van der Waals surface area contributed by atoms with Gasteiger partial charge in [0.1, 0.15) is 5.82 Å². The van der Waals surface area contributed by atoms with E-state index in [2.05, 4.69) is 29.6 Å². The van der Waals surface area contributed by atoms with Gasteiger partial charge in [-0.15, -0.1) is 0 Å². The van der Waals surface area contributed by atoms with Crippen molar-refractivity contribution >= 4 is 23.4 Å². The van der Waals surface area contributed by atoms with Gasteiger partial charge in [-0.25, -0.2) is 9.48 Å². The minimum atomic E-state index is -0.218. The van der Waals surface area contributed by atoms with E-state index in [4.69, 9.17) is 0 Å². The fourth-order valence-electron chi connectivity index (χ4n) is 2.82. The van der Waals surface area contributed by atoms with Gasteiger partial charge in [0, 0.05) is 30.4 Å². The average Bonchev–Trinajstić information content (AvgIpc) is 3.09. The summed E-state index contributed by atoms with van der Waals surface area (Å²) in [5.41, 5.74) is 1.23. The Kier molecular flexibility index (Phi) is 5.02. The van der Waals surface area contributed by atoms with Crippen LogP contribution in [-0.2, 0) is 0 Å². The lowest BCUT2D eigenvalue weighted by Gasteiger charge is -2.27. The maximum atomic E-state index is 12.6. The normalized spacial score (nSPS) is 15.6. The van der Waals surface area contributed by atoms with Crippen LogP contribution in [0.3, 0.4) is 0 Å². The van der Waals surface area contributed by atoms with E-state index in [1.165, 1.54) is 0 Å². The third kappa shape index (κ3) is 3.65. The Morgan fingerprint density at radius 1 is 1.40 bits per heavy atom. The summed E-state index contributed by atoms with van der Waals surface area (Å²) in [6, 6.07) is 8.97. The molecule has 0 radical (unpaired) electrons. The molecule has 2 aromatic rings. The van der Waals surface area contributed by atoms with Gasteiger partial charge >= 0.3 is 6.03 Å². The van der Waals surface area contributed by atoms with Crippen molar-refractivity contribution in [3.63, 3.8) is 0 Å². The number of nitrogens with one attached hydrogen (secondary N) is 2. The molecule has 1 aromatic carbocycles. The predicted octanol–water partition coefficient (Wildman–Crippen LogP) is 3.03. The number of nitrogens with zero attached hydrogens (tertiary/aromatic N) is 3. The lowest BCUT2D eigenvalue weighted by Crippen LogP contribution is -2.46. The molecule has 0 aliphatic carbocycles. The number of urea groups is 1. The SMILES string of the molecule is CC[C@H](C)n1nccc1NC(=O)c1cccc(N2CCCNC2=O)c1. The Balaban J connectivity index is 1.78. The molecule has 132 valence electrons. The summed E-state index contributed by atoms with van der Waals surface area (Å²) in [7, 11) is 0. The number of aromatic nitrogens is 2. The van der Waals surface area contributed by atoms with Gasteiger partial charge in [0.15, 0.2) is 0 Å². The van der Waals surface area contributed by atoms with Crippen molar-refractivity contribution in [2.24, 2.45) is 0 Å². The molecule has 3 amide bonds. The highest BCUT2D eigenvalue weighted by molar-refractivity contribution is 6.05. The van der Waals surface area contributed by atoms with Gasteiger partial charge in [-0.1, -0.05) is 13.0 Å². The number of hydrogen-bond donors (Lipinski definition) is 2. The molecule has 1 aliphatic heterocycles. The summed E-state index contributed by atoms with van der Waals surface area (Å²) in [6.45, 7) is 5.47. The summed E-state index contributed by atoms with van der Waals surface area (Å²) in [5, 5.41) is 10.00. The molecule has 1 saturated heterocycles. The van der Waals surface area contributed by atoms with Gasteiger partial charge in [-0.2, -0.15) is 5.10 Å². The molecule has 0 bridgehead atoms. The molecule has 2 heterocycles. The van der Waals surface area contributed by atoms with E-state index in [9.17, 15) is 9.59 Å². The second kappa shape index (κ2) is 7.38. The third-order valence-electron chi connectivity index (χ3n) is 4.42. The van der Waals surface area contributed by atoms with E-state index in [0.29, 0.717) is 24.5 Å². The molecule has 1 atom stereocenters. The number of anilines is 2. The van der Waals surface area contributed by atoms with E-state index in [1.807, 2.05) is 6.07 Å². The maximum Gasteiger partial charge on any atom is 0.321 e. The van der Waals surface area contributed by atoms with Crippen molar-refractivity contribution in [1.82, 2.24) is 15.1 Å². The van der Waals surface area contributed by atoms with Gasteiger partial charge in [-0.3, -0.25) is 9.69 Å². The molecule has 0 unspecified atom stereocenters. The average molecular weight is 341 g/mol. The standard InChI is InChI=1S/C18H23N5O2/c1-3-13(2)23-16(8-10-20-23)21-17(24)14-6-4-7-15(12-14)22-11-5-9-19-18(22)25/h4,6-8,10,12-13H,3,5,9,11H2,1-2H3,(H,19,25)(H,21,24)/t13-/m0/s1. The minimum absolute atomic E-state index is 0.126. The van der Waals surface area contributed by atoms with Crippen molar-refractivity contribution in [2.45, 2.75) is 32.7 Å². The molecule has 1 aromatic heterocycles. The van der Waals surface area contributed by atoms with Crippen LogP contribution in [0.1, 0.15) is 43.1 Å². The quantitative estimate of drug-likeness (QED) is 0.877. The van der Waals surface area contributed by atoms with E-state index in [0.717, 1.165) is 18.5 Å². The van der Waals surface area contributed by atoms with Crippen molar-refractivity contribution in [3.05, 3.63) is 42.1 Å². The van der Waals surface area contributed by atoms with Crippen LogP contribution < -0.4 is 15.5 Å². The third-order valence-corrected chi connectivity index (χ3v) is 4.42. The highest BCUT2D eigenvalue weighted by Gasteiger charge is 2.20. The zero-order valence-electron chi connectivity index (χ0n) is 14.5. The van der Waals surface area contributed by atoms with Gasteiger partial charge < -0.3 is 10.6 Å². The van der Waals surface area contributed by atoms with Crippen LogP contribution in [0.5, 0.6) is 0 Å². The van der Waals surface area contributed by atoms with Crippen LogP contribution in [-0.4, -0.2) is 34.8 Å². The van der Waals surface area contributed by atoms with Crippen molar-refractivity contribution in [1.29, 1.82) is 0 Å². The number of benzene rings is 1. The lowest BCUT2D eigenvalue weighted by molar-refractivity contribution is 0.102. The molecule has 7 heteroatoms. The number of carbonyl (C=O) groups excluding carboxylic acids is 2. The Morgan fingerprint density at radius 2 is 2.24 bits per heavy atom. The van der Waals surface area contributed by atoms with Gasteiger partial charge in [-0.05, 0) is 38.0 Å². The highest BCUT2D eigenvalue weighted by atomic mass is 16.2. The first kappa shape index (κ1) is 17.0. The highest BCUT2D eigenvalue weighted by Crippen LogP contribution is 2.21.